The van der Waals surface area contributed by atoms with Gasteiger partial charge in [0, 0.05) is 17.6 Å². The van der Waals surface area contributed by atoms with E-state index in [1.54, 1.807) is 54.6 Å². The minimum atomic E-state index is -3.99. The van der Waals surface area contributed by atoms with E-state index in [-0.39, 0.29) is 22.9 Å². The van der Waals surface area contributed by atoms with E-state index < -0.39 is 32.5 Å². The van der Waals surface area contributed by atoms with Crippen molar-refractivity contribution < 1.29 is 26.4 Å². The van der Waals surface area contributed by atoms with E-state index in [4.69, 9.17) is 4.74 Å². The summed E-state index contributed by atoms with van der Waals surface area (Å²) in [5.41, 5.74) is 0.346. The predicted octanol–water partition coefficient (Wildman–Crippen LogP) is 3.62. The molecule has 3 aromatic carbocycles. The molecule has 0 saturated carbocycles. The van der Waals surface area contributed by atoms with Crippen LogP contribution < -0.4 is 14.4 Å². The zero-order valence-electron chi connectivity index (χ0n) is 20.5. The number of amides is 1. The summed E-state index contributed by atoms with van der Waals surface area (Å²) < 4.78 is 60.8. The highest BCUT2D eigenvalue weighted by Gasteiger charge is 2.28. The van der Waals surface area contributed by atoms with Crippen LogP contribution in [0.25, 0.3) is 0 Å². The lowest BCUT2D eigenvalue weighted by molar-refractivity contribution is -0.119. The van der Waals surface area contributed by atoms with Crippen LogP contribution in [0.15, 0.2) is 93.1 Å². The fraction of sp³-hybridized carbons (Fsp3) is 0.269. The molecule has 3 aromatic rings. The normalized spacial score (nSPS) is 14.2. The van der Waals surface area contributed by atoms with Gasteiger partial charge in [0.25, 0.3) is 10.0 Å². The second-order valence-electron chi connectivity index (χ2n) is 8.59. The van der Waals surface area contributed by atoms with Crippen LogP contribution in [-0.2, 0) is 24.8 Å². The maximum Gasteiger partial charge on any atom is 0.264 e. The number of benzene rings is 3. The average molecular weight is 623 g/mol. The first kappa shape index (κ1) is 28.1. The number of carbonyl (C=O) groups is 1. The van der Waals surface area contributed by atoms with Crippen LogP contribution in [0, 0.1) is 0 Å². The van der Waals surface area contributed by atoms with E-state index in [0.717, 1.165) is 17.1 Å². The molecule has 0 spiro atoms. The molecule has 1 aliphatic heterocycles. The lowest BCUT2D eigenvalue weighted by Crippen LogP contribution is -2.41. The molecule has 0 aromatic heterocycles. The van der Waals surface area contributed by atoms with Crippen LogP contribution in [0.1, 0.15) is 12.8 Å². The number of nitrogens with zero attached hydrogens (tertiary/aromatic N) is 2. The minimum Gasteiger partial charge on any atom is -0.492 e. The van der Waals surface area contributed by atoms with Gasteiger partial charge in [0.15, 0.2) is 0 Å². The van der Waals surface area contributed by atoms with Gasteiger partial charge in [-0.2, -0.15) is 4.31 Å². The summed E-state index contributed by atoms with van der Waals surface area (Å²) in [5, 5.41) is 2.68. The SMILES string of the molecule is O=C(CN(c1cccc(Br)c1)S(=O)(=O)c1ccccc1)NCCOc1ccc(S(=O)(=O)N2CCCC2)cc1. The Morgan fingerprint density at radius 3 is 2.24 bits per heavy atom. The van der Waals surface area contributed by atoms with E-state index in [0.29, 0.717) is 29.0 Å². The van der Waals surface area contributed by atoms with E-state index in [1.807, 2.05) is 0 Å². The molecule has 9 nitrogen and oxygen atoms in total. The molecule has 1 aliphatic rings. The van der Waals surface area contributed by atoms with Crippen molar-refractivity contribution in [1.82, 2.24) is 9.62 Å². The number of ether oxygens (including phenoxy) is 1. The number of nitrogens with one attached hydrogen (secondary N) is 1. The van der Waals surface area contributed by atoms with Gasteiger partial charge in [-0.25, -0.2) is 16.8 Å². The molecule has 4 rings (SSSR count). The summed E-state index contributed by atoms with van der Waals surface area (Å²) in [4.78, 5) is 13.0. The third-order valence-electron chi connectivity index (χ3n) is 5.93. The quantitative estimate of drug-likeness (QED) is 0.327. The standard InChI is InChI=1S/C26H28BrN3O6S2/c27-21-7-6-8-22(19-21)30(38(34,35)24-9-2-1-3-10-24)20-26(31)28-15-18-36-23-11-13-25(14-12-23)37(32,33)29-16-4-5-17-29/h1-3,6-14,19H,4-5,15-18,20H2,(H,28,31). The van der Waals surface area contributed by atoms with Gasteiger partial charge in [0.1, 0.15) is 18.9 Å². The van der Waals surface area contributed by atoms with Gasteiger partial charge in [0.2, 0.25) is 15.9 Å². The number of rotatable bonds is 11. The lowest BCUT2D eigenvalue weighted by atomic mass is 10.3. The number of hydrogen-bond acceptors (Lipinski definition) is 6. The van der Waals surface area contributed by atoms with E-state index in [9.17, 15) is 21.6 Å². The largest absolute Gasteiger partial charge is 0.492 e. The molecule has 1 amide bonds. The predicted molar refractivity (Wildman–Crippen MR) is 148 cm³/mol. The molecule has 12 heteroatoms. The minimum absolute atomic E-state index is 0.0753. The van der Waals surface area contributed by atoms with E-state index in [1.165, 1.54) is 28.6 Å². The van der Waals surface area contributed by atoms with Crippen molar-refractivity contribution in [3.63, 3.8) is 0 Å². The molecule has 0 atom stereocenters. The van der Waals surface area contributed by atoms with Crippen molar-refractivity contribution in [1.29, 1.82) is 0 Å². The molecule has 1 heterocycles. The topological polar surface area (TPSA) is 113 Å². The Morgan fingerprint density at radius 1 is 0.895 bits per heavy atom. The Kier molecular flexibility index (Phi) is 9.08. The van der Waals surface area contributed by atoms with Gasteiger partial charge in [0.05, 0.1) is 22.0 Å². The summed E-state index contributed by atoms with van der Waals surface area (Å²) in [5.74, 6) is -0.0397. The second-order valence-corrected chi connectivity index (χ2v) is 13.3. The highest BCUT2D eigenvalue weighted by atomic mass is 79.9. The number of carbonyl (C=O) groups excluding carboxylic acids is 1. The molecule has 1 saturated heterocycles. The maximum atomic E-state index is 13.3. The highest BCUT2D eigenvalue weighted by molar-refractivity contribution is 9.10. The monoisotopic (exact) mass is 621 g/mol. The van der Waals surface area contributed by atoms with Crippen molar-refractivity contribution in [2.75, 3.05) is 37.1 Å². The van der Waals surface area contributed by atoms with Gasteiger partial charge in [-0.3, -0.25) is 9.10 Å². The Hall–Kier alpha value is -2.93. The zero-order valence-corrected chi connectivity index (χ0v) is 23.7. The fourth-order valence-electron chi connectivity index (χ4n) is 4.00. The van der Waals surface area contributed by atoms with Gasteiger partial charge in [-0.15, -0.1) is 0 Å². The first-order chi connectivity index (χ1) is 18.2. The summed E-state index contributed by atoms with van der Waals surface area (Å²) >= 11 is 3.35. The van der Waals surface area contributed by atoms with Crippen molar-refractivity contribution >= 4 is 47.6 Å². The van der Waals surface area contributed by atoms with Gasteiger partial charge in [-0.05, 0) is 67.4 Å². The van der Waals surface area contributed by atoms with Crippen LogP contribution in [0.4, 0.5) is 5.69 Å². The van der Waals surface area contributed by atoms with Gasteiger partial charge in [-0.1, -0.05) is 40.2 Å². The van der Waals surface area contributed by atoms with Crippen molar-refractivity contribution in [2.45, 2.75) is 22.6 Å². The maximum absolute atomic E-state index is 13.3. The van der Waals surface area contributed by atoms with Gasteiger partial charge < -0.3 is 10.1 Å². The van der Waals surface area contributed by atoms with E-state index >= 15 is 0 Å². The molecule has 0 unspecified atom stereocenters. The second kappa shape index (κ2) is 12.3. The number of anilines is 1. The molecule has 0 radical (unpaired) electrons. The third kappa shape index (κ3) is 6.73. The average Bonchev–Trinajstić information content (AvgIpc) is 3.47. The Labute approximate surface area is 231 Å². The Bertz CT molecular complexity index is 1460. The molecule has 202 valence electrons. The summed E-state index contributed by atoms with van der Waals surface area (Å²) in [7, 11) is -7.49. The Balaban J connectivity index is 1.35. The molecular formula is C26H28BrN3O6S2. The van der Waals surface area contributed by atoms with Crippen molar-refractivity contribution in [3.8, 4) is 5.75 Å². The van der Waals surface area contributed by atoms with Crippen LogP contribution in [0.2, 0.25) is 0 Å². The molecule has 0 bridgehead atoms. The highest BCUT2D eigenvalue weighted by Crippen LogP contribution is 2.26. The molecule has 1 fully saturated rings. The number of hydrogen-bond donors (Lipinski definition) is 1. The summed E-state index contributed by atoms with van der Waals surface area (Å²) in [6.07, 6.45) is 1.73. The third-order valence-corrected chi connectivity index (χ3v) is 10.1. The lowest BCUT2D eigenvalue weighted by Gasteiger charge is -2.24. The van der Waals surface area contributed by atoms with Crippen molar-refractivity contribution in [2.24, 2.45) is 0 Å². The first-order valence-electron chi connectivity index (χ1n) is 12.0. The molecule has 0 aliphatic carbocycles. The smallest absolute Gasteiger partial charge is 0.264 e. The molecular weight excluding hydrogens is 594 g/mol. The van der Waals surface area contributed by atoms with Crippen molar-refractivity contribution in [3.05, 3.63) is 83.3 Å². The van der Waals surface area contributed by atoms with Crippen LogP contribution in [0.3, 0.4) is 0 Å². The van der Waals surface area contributed by atoms with Crippen LogP contribution >= 0.6 is 15.9 Å². The van der Waals surface area contributed by atoms with Crippen LogP contribution in [0.5, 0.6) is 5.75 Å². The van der Waals surface area contributed by atoms with Crippen LogP contribution in [-0.4, -0.2) is 59.8 Å². The molecule has 38 heavy (non-hydrogen) atoms. The van der Waals surface area contributed by atoms with Gasteiger partial charge >= 0.3 is 0 Å². The first-order valence-corrected chi connectivity index (χ1v) is 15.7. The summed E-state index contributed by atoms with van der Waals surface area (Å²) in [6.45, 7) is 0.894. The Morgan fingerprint density at radius 2 is 1.58 bits per heavy atom. The fourth-order valence-corrected chi connectivity index (χ4v) is 7.34. The molecule has 1 N–H and O–H groups in total. The number of halogens is 1. The zero-order chi connectivity index (χ0) is 27.2. The van der Waals surface area contributed by atoms with E-state index in [2.05, 4.69) is 21.2 Å². The number of sulfonamides is 2. The summed E-state index contributed by atoms with van der Waals surface area (Å²) in [6, 6.07) is 20.8.